The highest BCUT2D eigenvalue weighted by molar-refractivity contribution is 7.92. The largest absolute Gasteiger partial charge is 0.493 e. The van der Waals surface area contributed by atoms with Gasteiger partial charge in [-0.15, -0.1) is 0 Å². The van der Waals surface area contributed by atoms with Crippen LogP contribution in [0.2, 0.25) is 5.02 Å². The quantitative estimate of drug-likeness (QED) is 0.316. The fraction of sp³-hybridized carbons (Fsp3) is 0.310. The number of carbonyl (C=O) groups is 2. The number of halogens is 1. The molecule has 0 aliphatic carbocycles. The number of carbonyl (C=O) groups excluding carboxylic acids is 2. The summed E-state index contributed by atoms with van der Waals surface area (Å²) in [6.07, 6.45) is 0.735. The SMILES string of the molecule is CCCNC(=O)[C@H](C)N(Cc1ccccc1)C(=O)CN(c1ccc(Cl)cc1)S(=O)(=O)c1ccc(OC)c(OC)c1. The fourth-order valence-corrected chi connectivity index (χ4v) is 5.56. The second kappa shape index (κ2) is 14.0. The van der Waals surface area contributed by atoms with Gasteiger partial charge in [-0.05, 0) is 55.3 Å². The van der Waals surface area contributed by atoms with Crippen molar-refractivity contribution in [3.8, 4) is 11.5 Å². The molecule has 0 unspecified atom stereocenters. The van der Waals surface area contributed by atoms with Crippen molar-refractivity contribution in [3.63, 3.8) is 0 Å². The molecule has 2 amide bonds. The van der Waals surface area contributed by atoms with Gasteiger partial charge in [-0.3, -0.25) is 13.9 Å². The summed E-state index contributed by atoms with van der Waals surface area (Å²) in [7, 11) is -1.43. The van der Waals surface area contributed by atoms with Crippen molar-refractivity contribution >= 4 is 39.1 Å². The molecule has 1 atom stereocenters. The molecule has 214 valence electrons. The number of anilines is 1. The summed E-state index contributed by atoms with van der Waals surface area (Å²) in [5.41, 5.74) is 1.03. The number of amides is 2. The maximum atomic E-state index is 14.0. The Balaban J connectivity index is 2.04. The number of hydrogen-bond acceptors (Lipinski definition) is 6. The van der Waals surface area contributed by atoms with Crippen LogP contribution in [0.5, 0.6) is 11.5 Å². The summed E-state index contributed by atoms with van der Waals surface area (Å²) in [6, 6.07) is 18.7. The zero-order chi connectivity index (χ0) is 29.3. The van der Waals surface area contributed by atoms with Gasteiger partial charge in [-0.1, -0.05) is 48.9 Å². The smallest absolute Gasteiger partial charge is 0.264 e. The fourth-order valence-electron chi connectivity index (χ4n) is 4.00. The van der Waals surface area contributed by atoms with Gasteiger partial charge in [0.1, 0.15) is 12.6 Å². The average molecular weight is 588 g/mol. The molecule has 11 heteroatoms. The van der Waals surface area contributed by atoms with Crippen LogP contribution in [0.25, 0.3) is 0 Å². The van der Waals surface area contributed by atoms with Crippen LogP contribution in [0.4, 0.5) is 5.69 Å². The Kier molecular flexibility index (Phi) is 10.8. The lowest BCUT2D eigenvalue weighted by molar-refractivity contribution is -0.139. The average Bonchev–Trinajstić information content (AvgIpc) is 2.97. The van der Waals surface area contributed by atoms with Gasteiger partial charge >= 0.3 is 0 Å². The van der Waals surface area contributed by atoms with Crippen molar-refractivity contribution in [1.29, 1.82) is 0 Å². The van der Waals surface area contributed by atoms with E-state index in [1.165, 1.54) is 49.5 Å². The summed E-state index contributed by atoms with van der Waals surface area (Å²) < 4.78 is 39.5. The monoisotopic (exact) mass is 587 g/mol. The molecule has 0 saturated carbocycles. The molecule has 0 radical (unpaired) electrons. The Morgan fingerprint density at radius 1 is 0.950 bits per heavy atom. The molecule has 0 bridgehead atoms. The Bertz CT molecular complexity index is 1400. The first-order chi connectivity index (χ1) is 19.1. The Hall–Kier alpha value is -3.76. The first kappa shape index (κ1) is 30.8. The van der Waals surface area contributed by atoms with Crippen LogP contribution in [-0.4, -0.2) is 58.5 Å². The predicted molar refractivity (Wildman–Crippen MR) is 155 cm³/mol. The van der Waals surface area contributed by atoms with E-state index in [9.17, 15) is 18.0 Å². The highest BCUT2D eigenvalue weighted by Crippen LogP contribution is 2.32. The van der Waals surface area contributed by atoms with Gasteiger partial charge < -0.3 is 19.7 Å². The second-order valence-electron chi connectivity index (χ2n) is 8.98. The normalized spacial score (nSPS) is 11.8. The van der Waals surface area contributed by atoms with E-state index >= 15 is 0 Å². The zero-order valence-electron chi connectivity index (χ0n) is 23.0. The standard InChI is InChI=1S/C29H34ClN3O6S/c1-5-17-31-29(35)21(2)32(19-22-9-7-6-8-10-22)28(34)20-33(24-13-11-23(30)12-14-24)40(36,37)25-15-16-26(38-3)27(18-25)39-4/h6-16,18,21H,5,17,19-20H2,1-4H3,(H,31,35)/t21-/m0/s1. The van der Waals surface area contributed by atoms with Gasteiger partial charge in [0.15, 0.2) is 11.5 Å². The van der Waals surface area contributed by atoms with E-state index < -0.39 is 28.5 Å². The highest BCUT2D eigenvalue weighted by Gasteiger charge is 2.33. The van der Waals surface area contributed by atoms with Crippen LogP contribution < -0.4 is 19.1 Å². The van der Waals surface area contributed by atoms with Crippen LogP contribution in [0.3, 0.4) is 0 Å². The molecule has 3 aromatic rings. The maximum absolute atomic E-state index is 14.0. The molecule has 9 nitrogen and oxygen atoms in total. The summed E-state index contributed by atoms with van der Waals surface area (Å²) >= 11 is 6.07. The molecule has 0 aliphatic rings. The molecule has 0 fully saturated rings. The minimum Gasteiger partial charge on any atom is -0.493 e. The van der Waals surface area contributed by atoms with Crippen molar-refractivity contribution in [2.24, 2.45) is 0 Å². The third-order valence-electron chi connectivity index (χ3n) is 6.25. The number of nitrogens with one attached hydrogen (secondary N) is 1. The van der Waals surface area contributed by atoms with Gasteiger partial charge in [0.05, 0.1) is 24.8 Å². The summed E-state index contributed by atoms with van der Waals surface area (Å²) in [6.45, 7) is 3.57. The number of methoxy groups -OCH3 is 2. The van der Waals surface area contributed by atoms with Gasteiger partial charge in [0, 0.05) is 24.2 Å². The van der Waals surface area contributed by atoms with E-state index in [-0.39, 0.29) is 28.8 Å². The highest BCUT2D eigenvalue weighted by atomic mass is 35.5. The third-order valence-corrected chi connectivity index (χ3v) is 8.27. The molecule has 3 aromatic carbocycles. The van der Waals surface area contributed by atoms with E-state index in [0.29, 0.717) is 17.3 Å². The molecule has 0 saturated heterocycles. The third kappa shape index (κ3) is 7.45. The number of benzene rings is 3. The van der Waals surface area contributed by atoms with Crippen LogP contribution in [0.1, 0.15) is 25.8 Å². The summed E-state index contributed by atoms with van der Waals surface area (Å²) in [5, 5.41) is 3.23. The van der Waals surface area contributed by atoms with Crippen LogP contribution in [0, 0.1) is 0 Å². The molecule has 40 heavy (non-hydrogen) atoms. The van der Waals surface area contributed by atoms with Crippen LogP contribution >= 0.6 is 11.6 Å². The van der Waals surface area contributed by atoms with E-state index in [1.54, 1.807) is 19.1 Å². The molecule has 0 aliphatic heterocycles. The van der Waals surface area contributed by atoms with Crippen molar-refractivity contribution in [1.82, 2.24) is 10.2 Å². The predicted octanol–water partition coefficient (Wildman–Crippen LogP) is 4.50. The number of rotatable bonds is 13. The molecule has 3 rings (SSSR count). The van der Waals surface area contributed by atoms with Crippen LogP contribution in [0.15, 0.2) is 77.7 Å². The van der Waals surface area contributed by atoms with E-state index in [2.05, 4.69) is 5.32 Å². The minimum atomic E-state index is -4.28. The zero-order valence-corrected chi connectivity index (χ0v) is 24.5. The van der Waals surface area contributed by atoms with Crippen LogP contribution in [-0.2, 0) is 26.2 Å². The molecule has 0 aromatic heterocycles. The lowest BCUT2D eigenvalue weighted by atomic mass is 10.1. The Morgan fingerprint density at radius 3 is 2.20 bits per heavy atom. The number of ether oxygens (including phenoxy) is 2. The first-order valence-electron chi connectivity index (χ1n) is 12.7. The lowest BCUT2D eigenvalue weighted by Crippen LogP contribution is -2.51. The van der Waals surface area contributed by atoms with Crippen molar-refractivity contribution < 1.29 is 27.5 Å². The maximum Gasteiger partial charge on any atom is 0.264 e. The van der Waals surface area contributed by atoms with Gasteiger partial charge in [-0.2, -0.15) is 0 Å². The number of hydrogen-bond donors (Lipinski definition) is 1. The van der Waals surface area contributed by atoms with E-state index in [4.69, 9.17) is 21.1 Å². The summed E-state index contributed by atoms with van der Waals surface area (Å²) in [4.78, 5) is 28.1. The van der Waals surface area contributed by atoms with Gasteiger partial charge in [-0.25, -0.2) is 8.42 Å². The molecule has 1 N–H and O–H groups in total. The van der Waals surface area contributed by atoms with Gasteiger partial charge in [0.25, 0.3) is 10.0 Å². The van der Waals surface area contributed by atoms with Crippen molar-refractivity contribution in [3.05, 3.63) is 83.4 Å². The van der Waals surface area contributed by atoms with E-state index in [0.717, 1.165) is 16.3 Å². The Labute approximate surface area is 240 Å². The topological polar surface area (TPSA) is 105 Å². The first-order valence-corrected chi connectivity index (χ1v) is 14.6. The van der Waals surface area contributed by atoms with Crippen molar-refractivity contribution in [2.75, 3.05) is 31.6 Å². The number of sulfonamides is 1. The second-order valence-corrected chi connectivity index (χ2v) is 11.3. The number of nitrogens with zero attached hydrogens (tertiary/aromatic N) is 2. The summed E-state index contributed by atoms with van der Waals surface area (Å²) in [5.74, 6) is -0.302. The van der Waals surface area contributed by atoms with Crippen molar-refractivity contribution in [2.45, 2.75) is 37.8 Å². The minimum absolute atomic E-state index is 0.101. The molecule has 0 spiro atoms. The molecular weight excluding hydrogens is 554 g/mol. The van der Waals surface area contributed by atoms with E-state index in [1.807, 2.05) is 37.3 Å². The molecular formula is C29H34ClN3O6S. The Morgan fingerprint density at radius 2 is 1.60 bits per heavy atom. The molecule has 0 heterocycles. The lowest BCUT2D eigenvalue weighted by Gasteiger charge is -2.32. The van der Waals surface area contributed by atoms with Gasteiger partial charge in [0.2, 0.25) is 11.8 Å².